The molecule has 0 radical (unpaired) electrons. The number of allylic oxidation sites excluding steroid dienone is 1. The number of amides is 3. The second-order valence-corrected chi connectivity index (χ2v) is 10.4. The fraction of sp³-hybridized carbons (Fsp3) is 0.367. The number of para-hydroxylation sites is 1. The van der Waals surface area contributed by atoms with Gasteiger partial charge < -0.3 is 20.5 Å². The summed E-state index contributed by atoms with van der Waals surface area (Å²) in [6.07, 6.45) is 8.20. The van der Waals surface area contributed by atoms with Crippen molar-refractivity contribution in [3.8, 4) is 0 Å². The van der Waals surface area contributed by atoms with Gasteiger partial charge in [-0.3, -0.25) is 14.4 Å². The van der Waals surface area contributed by atoms with Crippen molar-refractivity contribution < 1.29 is 14.4 Å². The second kappa shape index (κ2) is 9.54. The quantitative estimate of drug-likeness (QED) is 0.448. The zero-order chi connectivity index (χ0) is 25.5. The van der Waals surface area contributed by atoms with Gasteiger partial charge >= 0.3 is 0 Å². The number of fused-ring (bicyclic) bond motifs is 7. The number of nitrogens with one attached hydrogen (secondary N) is 3. The number of nitrogens with zero attached hydrogens (tertiary/aromatic N) is 1. The van der Waals surface area contributed by atoms with Crippen molar-refractivity contribution in [2.75, 3.05) is 6.54 Å². The Balaban J connectivity index is 1.23. The molecule has 6 rings (SSSR count). The first-order valence-electron chi connectivity index (χ1n) is 13.3. The van der Waals surface area contributed by atoms with Gasteiger partial charge in [0.05, 0.1) is 6.04 Å². The van der Waals surface area contributed by atoms with Crippen LogP contribution in [0, 0.1) is 0 Å². The van der Waals surface area contributed by atoms with Crippen LogP contribution in [0.5, 0.6) is 0 Å². The zero-order valence-electron chi connectivity index (χ0n) is 21.0. The summed E-state index contributed by atoms with van der Waals surface area (Å²) in [4.78, 5) is 45.2. The summed E-state index contributed by atoms with van der Waals surface area (Å²) in [6, 6.07) is 13.8. The van der Waals surface area contributed by atoms with Crippen LogP contribution in [0.2, 0.25) is 0 Å². The first-order chi connectivity index (χ1) is 18.0. The predicted molar refractivity (Wildman–Crippen MR) is 142 cm³/mol. The highest BCUT2D eigenvalue weighted by molar-refractivity contribution is 6.04. The molecule has 0 saturated heterocycles. The molecule has 3 aromatic rings. The molecule has 0 saturated carbocycles. The van der Waals surface area contributed by atoms with E-state index in [4.69, 9.17) is 0 Å². The second-order valence-electron chi connectivity index (χ2n) is 10.4. The third kappa shape index (κ3) is 4.12. The number of hydrogen-bond acceptors (Lipinski definition) is 3. The number of carbonyl (C=O) groups excluding carboxylic acids is 3. The van der Waals surface area contributed by atoms with Gasteiger partial charge in [0.1, 0.15) is 12.1 Å². The molecule has 2 aliphatic heterocycles. The first-order valence-corrected chi connectivity index (χ1v) is 13.3. The first kappa shape index (κ1) is 23.5. The van der Waals surface area contributed by atoms with Crippen molar-refractivity contribution in [3.63, 3.8) is 0 Å². The Morgan fingerprint density at radius 1 is 1.11 bits per heavy atom. The third-order valence-electron chi connectivity index (χ3n) is 8.04. The molecule has 7 heteroatoms. The van der Waals surface area contributed by atoms with Gasteiger partial charge in [-0.05, 0) is 62.3 Å². The van der Waals surface area contributed by atoms with E-state index in [1.165, 1.54) is 18.4 Å². The molecular weight excluding hydrogens is 464 g/mol. The van der Waals surface area contributed by atoms with Crippen molar-refractivity contribution in [2.24, 2.45) is 0 Å². The van der Waals surface area contributed by atoms with E-state index < -0.39 is 12.1 Å². The average Bonchev–Trinajstić information content (AvgIpc) is 3.44. The standard InChI is InChI=1S/C30H32N4O3/c1-18(28(35)31-16-15-19-9-3-2-4-10-19)32-29(36)25-17-23-20-11-7-8-14-24(20)33-26(23)27-21-12-5-6-13-22(21)30(37)34(25)27/h5-9,11-14,18,25,27,33H,2-4,10,15-17H2,1H3,(H,31,35)(H,32,36)/t18-,25-,27-/m0/s1. The lowest BCUT2D eigenvalue weighted by atomic mass is 9.90. The van der Waals surface area contributed by atoms with E-state index >= 15 is 0 Å². The highest BCUT2D eigenvalue weighted by Gasteiger charge is 2.49. The highest BCUT2D eigenvalue weighted by atomic mass is 16.2. The fourth-order valence-electron chi connectivity index (χ4n) is 6.14. The number of benzene rings is 2. The molecule has 0 spiro atoms. The summed E-state index contributed by atoms with van der Waals surface area (Å²) in [6.45, 7) is 2.26. The Hall–Kier alpha value is -3.87. The molecule has 1 aromatic heterocycles. The Morgan fingerprint density at radius 3 is 2.76 bits per heavy atom. The molecule has 190 valence electrons. The van der Waals surface area contributed by atoms with Crippen LogP contribution in [0.3, 0.4) is 0 Å². The van der Waals surface area contributed by atoms with E-state index in [1.54, 1.807) is 11.8 Å². The van der Waals surface area contributed by atoms with Gasteiger partial charge in [0.2, 0.25) is 11.8 Å². The Bertz CT molecular complexity index is 1420. The third-order valence-corrected chi connectivity index (χ3v) is 8.04. The minimum atomic E-state index is -0.709. The monoisotopic (exact) mass is 496 g/mol. The maximum Gasteiger partial charge on any atom is 0.255 e. The molecule has 3 N–H and O–H groups in total. The molecule has 1 aliphatic carbocycles. The number of rotatable bonds is 6. The van der Waals surface area contributed by atoms with Crippen molar-refractivity contribution in [2.45, 2.75) is 63.6 Å². The van der Waals surface area contributed by atoms with Crippen molar-refractivity contribution >= 4 is 28.6 Å². The van der Waals surface area contributed by atoms with E-state index in [9.17, 15) is 14.4 Å². The SMILES string of the molecule is C[C@H](NC(=O)[C@@H]1Cc2c([nH]c3ccccc23)[C@@H]2c3ccccc3C(=O)N21)C(=O)NCCC1=CCCCC1. The molecule has 3 atom stereocenters. The molecule has 7 nitrogen and oxygen atoms in total. The van der Waals surface area contributed by atoms with Gasteiger partial charge in [-0.1, -0.05) is 48.0 Å². The molecule has 3 heterocycles. The summed E-state index contributed by atoms with van der Waals surface area (Å²) >= 11 is 0. The Labute approximate surface area is 216 Å². The summed E-state index contributed by atoms with van der Waals surface area (Å²) in [7, 11) is 0. The zero-order valence-corrected chi connectivity index (χ0v) is 21.0. The van der Waals surface area contributed by atoms with Gasteiger partial charge in [0.15, 0.2) is 0 Å². The van der Waals surface area contributed by atoms with Crippen LogP contribution in [0.4, 0.5) is 0 Å². The number of aromatic nitrogens is 1. The summed E-state index contributed by atoms with van der Waals surface area (Å²) < 4.78 is 0. The number of carbonyl (C=O) groups is 3. The van der Waals surface area contributed by atoms with E-state index in [-0.39, 0.29) is 23.8 Å². The molecule has 0 bridgehead atoms. The molecule has 3 amide bonds. The van der Waals surface area contributed by atoms with Gasteiger partial charge in [-0.15, -0.1) is 0 Å². The fourth-order valence-corrected chi connectivity index (χ4v) is 6.14. The smallest absolute Gasteiger partial charge is 0.255 e. The van der Waals surface area contributed by atoms with Crippen LogP contribution in [-0.4, -0.2) is 46.2 Å². The van der Waals surface area contributed by atoms with Crippen LogP contribution in [0.25, 0.3) is 10.9 Å². The van der Waals surface area contributed by atoms with Crippen molar-refractivity contribution in [1.82, 2.24) is 20.5 Å². The molecule has 37 heavy (non-hydrogen) atoms. The van der Waals surface area contributed by atoms with Crippen LogP contribution < -0.4 is 10.6 Å². The molecule has 0 unspecified atom stereocenters. The van der Waals surface area contributed by atoms with E-state index in [0.717, 1.165) is 47.0 Å². The number of aromatic amines is 1. The average molecular weight is 497 g/mol. The lowest BCUT2D eigenvalue weighted by molar-refractivity contribution is -0.131. The van der Waals surface area contributed by atoms with Crippen LogP contribution in [0.1, 0.15) is 72.2 Å². The van der Waals surface area contributed by atoms with Crippen LogP contribution in [0.15, 0.2) is 60.2 Å². The Morgan fingerprint density at radius 2 is 1.92 bits per heavy atom. The van der Waals surface area contributed by atoms with Gasteiger partial charge in [0.25, 0.3) is 5.91 Å². The highest BCUT2D eigenvalue weighted by Crippen LogP contribution is 2.46. The summed E-state index contributed by atoms with van der Waals surface area (Å²) in [5, 5.41) is 6.93. The van der Waals surface area contributed by atoms with Gasteiger partial charge in [0, 0.05) is 35.1 Å². The van der Waals surface area contributed by atoms with E-state index in [2.05, 4.69) is 27.8 Å². The molecule has 0 fully saturated rings. The molecular formula is C30H32N4O3. The van der Waals surface area contributed by atoms with Gasteiger partial charge in [-0.2, -0.15) is 0 Å². The van der Waals surface area contributed by atoms with Crippen molar-refractivity contribution in [1.29, 1.82) is 0 Å². The van der Waals surface area contributed by atoms with Crippen LogP contribution >= 0.6 is 0 Å². The largest absolute Gasteiger partial charge is 0.356 e. The number of hydrogen-bond donors (Lipinski definition) is 3. The van der Waals surface area contributed by atoms with E-state index in [0.29, 0.717) is 18.5 Å². The lowest BCUT2D eigenvalue weighted by Crippen LogP contribution is -2.56. The van der Waals surface area contributed by atoms with Gasteiger partial charge in [-0.25, -0.2) is 0 Å². The normalized spacial score (nSPS) is 21.1. The van der Waals surface area contributed by atoms with Crippen LogP contribution in [-0.2, 0) is 16.0 Å². The predicted octanol–water partition coefficient (Wildman–Crippen LogP) is 4.15. The maximum atomic E-state index is 13.6. The van der Waals surface area contributed by atoms with Crippen molar-refractivity contribution in [3.05, 3.63) is 82.6 Å². The maximum absolute atomic E-state index is 13.6. The molecule has 3 aliphatic rings. The van der Waals surface area contributed by atoms with E-state index in [1.807, 2.05) is 42.5 Å². The number of H-pyrrole nitrogens is 1. The summed E-state index contributed by atoms with van der Waals surface area (Å²) in [5.41, 5.74) is 5.94. The summed E-state index contributed by atoms with van der Waals surface area (Å²) in [5.74, 6) is -0.663. The topological polar surface area (TPSA) is 94.3 Å². The lowest BCUT2D eigenvalue weighted by Gasteiger charge is -2.37. The minimum absolute atomic E-state index is 0.150. The molecule has 2 aromatic carbocycles. The Kier molecular flexibility index (Phi) is 6.07. The minimum Gasteiger partial charge on any atom is -0.356 e.